The van der Waals surface area contributed by atoms with Crippen LogP contribution in [0.4, 0.5) is 0 Å². The lowest BCUT2D eigenvalue weighted by molar-refractivity contribution is 0.304. The van der Waals surface area contributed by atoms with Gasteiger partial charge in [0.05, 0.1) is 6.61 Å². The minimum atomic E-state index is 0.183. The second-order valence-corrected chi connectivity index (χ2v) is 3.92. The van der Waals surface area contributed by atoms with E-state index < -0.39 is 0 Å². The molecule has 16 heavy (non-hydrogen) atoms. The van der Waals surface area contributed by atoms with Gasteiger partial charge in [-0.05, 0) is 31.9 Å². The van der Waals surface area contributed by atoms with E-state index in [4.69, 9.17) is 15.7 Å². The van der Waals surface area contributed by atoms with Crippen molar-refractivity contribution in [3.8, 4) is 5.75 Å². The Morgan fingerprint density at radius 1 is 1.31 bits per heavy atom. The monoisotopic (exact) mass is 222 g/mol. The molecular formula is C12H18N2O2. The molecule has 0 aliphatic carbocycles. The van der Waals surface area contributed by atoms with E-state index in [2.05, 4.69) is 24.2 Å². The zero-order chi connectivity index (χ0) is 12.1. The largest absolute Gasteiger partial charge is 0.493 e. The van der Waals surface area contributed by atoms with Gasteiger partial charge in [0.25, 0.3) is 0 Å². The second kappa shape index (κ2) is 5.39. The van der Waals surface area contributed by atoms with Crippen LogP contribution in [0.15, 0.2) is 17.3 Å². The van der Waals surface area contributed by atoms with Gasteiger partial charge in [-0.3, -0.25) is 0 Å². The van der Waals surface area contributed by atoms with Crippen molar-refractivity contribution in [2.45, 2.75) is 27.2 Å². The molecule has 1 aromatic rings. The van der Waals surface area contributed by atoms with Gasteiger partial charge in [0.15, 0.2) is 0 Å². The van der Waals surface area contributed by atoms with Crippen LogP contribution in [0.1, 0.15) is 23.1 Å². The average Bonchev–Trinajstić information content (AvgIpc) is 2.21. The first-order valence-electron chi connectivity index (χ1n) is 5.21. The van der Waals surface area contributed by atoms with Crippen molar-refractivity contribution in [1.82, 2.24) is 0 Å². The van der Waals surface area contributed by atoms with Gasteiger partial charge in [0.2, 0.25) is 0 Å². The van der Waals surface area contributed by atoms with E-state index in [-0.39, 0.29) is 5.84 Å². The molecule has 0 fully saturated rings. The van der Waals surface area contributed by atoms with E-state index in [1.54, 1.807) is 0 Å². The van der Waals surface area contributed by atoms with E-state index in [1.807, 2.05) is 13.8 Å². The molecule has 0 saturated carbocycles. The number of hydrogen-bond acceptors (Lipinski definition) is 3. The van der Waals surface area contributed by atoms with Crippen LogP contribution < -0.4 is 10.5 Å². The second-order valence-electron chi connectivity index (χ2n) is 3.92. The van der Waals surface area contributed by atoms with Crippen LogP contribution >= 0.6 is 0 Å². The van der Waals surface area contributed by atoms with Crippen LogP contribution in [0.3, 0.4) is 0 Å². The summed E-state index contributed by atoms with van der Waals surface area (Å²) in [6.07, 6.45) is 0.420. The van der Waals surface area contributed by atoms with Gasteiger partial charge in [-0.1, -0.05) is 22.9 Å². The highest BCUT2D eigenvalue weighted by Gasteiger charge is 2.05. The Morgan fingerprint density at radius 3 is 2.38 bits per heavy atom. The lowest BCUT2D eigenvalue weighted by Gasteiger charge is -2.12. The number of benzene rings is 1. The molecule has 3 N–H and O–H groups in total. The number of ether oxygens (including phenoxy) is 1. The molecule has 88 valence electrons. The SMILES string of the molecule is Cc1cc(C)c(OCCC(N)=NO)c(C)c1. The molecule has 0 aliphatic rings. The molecule has 0 amide bonds. The van der Waals surface area contributed by atoms with Crippen LogP contribution in [-0.2, 0) is 0 Å². The number of hydrogen-bond donors (Lipinski definition) is 2. The van der Waals surface area contributed by atoms with E-state index >= 15 is 0 Å². The Hall–Kier alpha value is -1.71. The first kappa shape index (κ1) is 12.4. The minimum Gasteiger partial charge on any atom is -0.493 e. The Labute approximate surface area is 95.7 Å². The van der Waals surface area contributed by atoms with E-state index in [0.29, 0.717) is 13.0 Å². The summed E-state index contributed by atoms with van der Waals surface area (Å²) in [5, 5.41) is 11.3. The van der Waals surface area contributed by atoms with Crippen molar-refractivity contribution in [2.24, 2.45) is 10.9 Å². The third-order valence-electron chi connectivity index (χ3n) is 2.34. The maximum Gasteiger partial charge on any atom is 0.142 e. The summed E-state index contributed by atoms with van der Waals surface area (Å²) in [6, 6.07) is 4.15. The molecule has 1 aromatic carbocycles. The number of aryl methyl sites for hydroxylation is 3. The fraction of sp³-hybridized carbons (Fsp3) is 0.417. The van der Waals surface area contributed by atoms with E-state index in [0.717, 1.165) is 16.9 Å². The molecule has 0 aromatic heterocycles. The molecule has 0 radical (unpaired) electrons. The molecule has 0 unspecified atom stereocenters. The highest BCUT2D eigenvalue weighted by molar-refractivity contribution is 5.79. The van der Waals surface area contributed by atoms with Crippen LogP contribution in [0.5, 0.6) is 5.75 Å². The van der Waals surface area contributed by atoms with Crippen molar-refractivity contribution >= 4 is 5.84 Å². The molecule has 4 nitrogen and oxygen atoms in total. The number of nitrogens with zero attached hydrogens (tertiary/aromatic N) is 1. The molecular weight excluding hydrogens is 204 g/mol. The van der Waals surface area contributed by atoms with Gasteiger partial charge < -0.3 is 15.7 Å². The Balaban J connectivity index is 2.67. The van der Waals surface area contributed by atoms with Gasteiger partial charge in [-0.25, -0.2) is 0 Å². The smallest absolute Gasteiger partial charge is 0.142 e. The minimum absolute atomic E-state index is 0.183. The topological polar surface area (TPSA) is 67.8 Å². The van der Waals surface area contributed by atoms with Crippen molar-refractivity contribution < 1.29 is 9.94 Å². The van der Waals surface area contributed by atoms with Gasteiger partial charge in [-0.15, -0.1) is 0 Å². The third-order valence-corrected chi connectivity index (χ3v) is 2.34. The Kier molecular flexibility index (Phi) is 4.17. The quantitative estimate of drug-likeness (QED) is 0.355. The normalized spacial score (nSPS) is 11.6. The number of rotatable bonds is 4. The predicted molar refractivity (Wildman–Crippen MR) is 64.2 cm³/mol. The first-order valence-corrected chi connectivity index (χ1v) is 5.21. The maximum atomic E-state index is 8.38. The van der Waals surface area contributed by atoms with Crippen LogP contribution in [0.25, 0.3) is 0 Å². The Bertz CT molecular complexity index is 377. The summed E-state index contributed by atoms with van der Waals surface area (Å²) in [5.41, 5.74) is 8.80. The lowest BCUT2D eigenvalue weighted by Crippen LogP contribution is -2.15. The maximum absolute atomic E-state index is 8.38. The molecule has 0 spiro atoms. The number of oxime groups is 1. The van der Waals surface area contributed by atoms with Gasteiger partial charge in [0, 0.05) is 6.42 Å². The van der Waals surface area contributed by atoms with Crippen molar-refractivity contribution in [3.05, 3.63) is 28.8 Å². The fourth-order valence-corrected chi connectivity index (χ4v) is 1.70. The van der Waals surface area contributed by atoms with E-state index in [1.165, 1.54) is 5.56 Å². The number of amidine groups is 1. The summed E-state index contributed by atoms with van der Waals surface area (Å²) < 4.78 is 5.62. The summed E-state index contributed by atoms with van der Waals surface area (Å²) in [7, 11) is 0. The van der Waals surface area contributed by atoms with Crippen LogP contribution in [-0.4, -0.2) is 17.6 Å². The zero-order valence-electron chi connectivity index (χ0n) is 9.95. The van der Waals surface area contributed by atoms with Crippen molar-refractivity contribution in [1.29, 1.82) is 0 Å². The third kappa shape index (κ3) is 3.15. The highest BCUT2D eigenvalue weighted by Crippen LogP contribution is 2.24. The van der Waals surface area contributed by atoms with Gasteiger partial charge >= 0.3 is 0 Å². The summed E-state index contributed by atoms with van der Waals surface area (Å²) >= 11 is 0. The fourth-order valence-electron chi connectivity index (χ4n) is 1.70. The van der Waals surface area contributed by atoms with Crippen molar-refractivity contribution in [3.63, 3.8) is 0 Å². The van der Waals surface area contributed by atoms with Gasteiger partial charge in [-0.2, -0.15) is 0 Å². The first-order chi connectivity index (χ1) is 7.54. The predicted octanol–water partition coefficient (Wildman–Crippen LogP) is 2.13. The average molecular weight is 222 g/mol. The molecule has 0 atom stereocenters. The van der Waals surface area contributed by atoms with Crippen molar-refractivity contribution in [2.75, 3.05) is 6.61 Å². The zero-order valence-corrected chi connectivity index (χ0v) is 9.95. The van der Waals surface area contributed by atoms with Gasteiger partial charge in [0.1, 0.15) is 11.6 Å². The molecule has 0 saturated heterocycles. The standard InChI is InChI=1S/C12H18N2O2/c1-8-6-9(2)12(10(3)7-8)16-5-4-11(13)14-15/h6-7,15H,4-5H2,1-3H3,(H2,13,14). The molecule has 0 bridgehead atoms. The van der Waals surface area contributed by atoms with Crippen LogP contribution in [0.2, 0.25) is 0 Å². The summed E-state index contributed by atoms with van der Waals surface area (Å²) in [4.78, 5) is 0. The molecule has 1 rings (SSSR count). The lowest BCUT2D eigenvalue weighted by atomic mass is 10.1. The molecule has 0 heterocycles. The van der Waals surface area contributed by atoms with E-state index in [9.17, 15) is 0 Å². The summed E-state index contributed by atoms with van der Waals surface area (Å²) in [6.45, 7) is 6.50. The molecule has 4 heteroatoms. The molecule has 0 aliphatic heterocycles. The van der Waals surface area contributed by atoms with Crippen LogP contribution in [0, 0.1) is 20.8 Å². The Morgan fingerprint density at radius 2 is 1.88 bits per heavy atom. The summed E-state index contributed by atoms with van der Waals surface area (Å²) in [5.74, 6) is 1.07. The number of nitrogens with two attached hydrogens (primary N) is 1. The highest BCUT2D eigenvalue weighted by atomic mass is 16.5.